The molecular weight excluding hydrogens is 394 g/mol. The number of carbonyl (C=O) groups is 1. The summed E-state index contributed by atoms with van der Waals surface area (Å²) in [6.07, 6.45) is 2.17. The molecule has 1 N–H and O–H groups in total. The molecule has 0 saturated heterocycles. The average molecular weight is 418 g/mol. The minimum atomic E-state index is -0.118. The fourth-order valence-corrected chi connectivity index (χ4v) is 3.56. The van der Waals surface area contributed by atoms with E-state index in [-0.39, 0.29) is 24.0 Å². The van der Waals surface area contributed by atoms with E-state index in [4.69, 9.17) is 9.47 Å². The maximum Gasteiger partial charge on any atom is 0.258 e. The number of benzene rings is 2. The molecule has 1 fully saturated rings. The fourth-order valence-electron chi connectivity index (χ4n) is 3.30. The van der Waals surface area contributed by atoms with Crippen LogP contribution in [0.1, 0.15) is 32.3 Å². The van der Waals surface area contributed by atoms with Crippen molar-refractivity contribution < 1.29 is 14.3 Å². The number of amides is 1. The first kappa shape index (κ1) is 18.8. The van der Waals surface area contributed by atoms with Crippen molar-refractivity contribution >= 4 is 21.8 Å². The maximum atomic E-state index is 12.4. The van der Waals surface area contributed by atoms with Crippen LogP contribution in [-0.4, -0.2) is 25.2 Å². The monoisotopic (exact) mass is 417 g/mol. The molecule has 1 aliphatic carbocycles. The lowest BCUT2D eigenvalue weighted by atomic mass is 9.89. The first-order valence-electron chi connectivity index (χ1n) is 8.95. The Morgan fingerprint density at radius 3 is 2.31 bits per heavy atom. The van der Waals surface area contributed by atoms with E-state index in [1.807, 2.05) is 31.2 Å². The van der Waals surface area contributed by atoms with Crippen molar-refractivity contribution in [2.24, 2.45) is 0 Å². The van der Waals surface area contributed by atoms with Gasteiger partial charge in [-0.2, -0.15) is 0 Å². The molecular formula is C21H24BrNO3. The third kappa shape index (κ3) is 4.21. The molecule has 4 nitrogen and oxygen atoms in total. The summed E-state index contributed by atoms with van der Waals surface area (Å²) in [5, 5.41) is 3.10. The number of halogens is 1. The second-order valence-electron chi connectivity index (χ2n) is 6.62. The smallest absolute Gasteiger partial charge is 0.258 e. The van der Waals surface area contributed by atoms with Gasteiger partial charge in [-0.3, -0.25) is 4.79 Å². The van der Waals surface area contributed by atoms with Crippen molar-refractivity contribution in [1.82, 2.24) is 5.32 Å². The van der Waals surface area contributed by atoms with Gasteiger partial charge in [-0.15, -0.1) is 0 Å². The van der Waals surface area contributed by atoms with E-state index in [1.54, 1.807) is 0 Å². The minimum absolute atomic E-state index is 0.0230. The Hall–Kier alpha value is -2.01. The van der Waals surface area contributed by atoms with Gasteiger partial charge in [0.15, 0.2) is 18.1 Å². The van der Waals surface area contributed by atoms with Crippen LogP contribution in [0.3, 0.4) is 0 Å². The number of nitrogens with one attached hydrogen (secondary N) is 1. The highest BCUT2D eigenvalue weighted by Crippen LogP contribution is 2.51. The molecule has 3 rings (SSSR count). The Morgan fingerprint density at radius 2 is 1.73 bits per heavy atom. The highest BCUT2D eigenvalue weighted by molar-refractivity contribution is 9.10. The van der Waals surface area contributed by atoms with Gasteiger partial charge in [0.2, 0.25) is 0 Å². The van der Waals surface area contributed by atoms with E-state index in [2.05, 4.69) is 52.4 Å². The Morgan fingerprint density at radius 1 is 1.12 bits per heavy atom. The summed E-state index contributed by atoms with van der Waals surface area (Å²) >= 11 is 3.47. The van der Waals surface area contributed by atoms with Crippen LogP contribution in [0, 0.1) is 0 Å². The summed E-state index contributed by atoms with van der Waals surface area (Å²) in [5.41, 5.74) is 1.32. The van der Waals surface area contributed by atoms with Crippen LogP contribution >= 0.6 is 15.9 Å². The van der Waals surface area contributed by atoms with Crippen LogP contribution in [0.5, 0.6) is 11.5 Å². The highest BCUT2D eigenvalue weighted by Gasteiger charge is 2.49. The van der Waals surface area contributed by atoms with Gasteiger partial charge in [0.1, 0.15) is 0 Å². The molecule has 26 heavy (non-hydrogen) atoms. The van der Waals surface area contributed by atoms with Crippen LogP contribution in [0.25, 0.3) is 0 Å². The van der Waals surface area contributed by atoms with Crippen molar-refractivity contribution in [3.05, 3.63) is 58.6 Å². The zero-order valence-electron chi connectivity index (χ0n) is 15.1. The predicted octanol–water partition coefficient (Wildman–Crippen LogP) is 4.46. The van der Waals surface area contributed by atoms with Crippen molar-refractivity contribution in [2.75, 3.05) is 13.2 Å². The van der Waals surface area contributed by atoms with E-state index >= 15 is 0 Å². The van der Waals surface area contributed by atoms with E-state index < -0.39 is 0 Å². The summed E-state index contributed by atoms with van der Waals surface area (Å²) in [7, 11) is 0. The zero-order valence-corrected chi connectivity index (χ0v) is 16.7. The number of para-hydroxylation sites is 2. The SMILES string of the molecule is CCOc1ccccc1OCC(=O)NC(C)C1(c2ccc(Br)cc2)CC1. The van der Waals surface area contributed by atoms with E-state index in [9.17, 15) is 4.79 Å². The molecule has 0 spiro atoms. The van der Waals surface area contributed by atoms with Crippen molar-refractivity contribution in [2.45, 2.75) is 38.1 Å². The lowest BCUT2D eigenvalue weighted by Crippen LogP contribution is -2.43. The zero-order chi connectivity index (χ0) is 18.6. The number of hydrogen-bond donors (Lipinski definition) is 1. The maximum absolute atomic E-state index is 12.4. The summed E-state index contributed by atoms with van der Waals surface area (Å²) in [6.45, 7) is 4.52. The number of rotatable bonds is 8. The van der Waals surface area contributed by atoms with Gasteiger partial charge in [0.25, 0.3) is 5.91 Å². The minimum Gasteiger partial charge on any atom is -0.490 e. The topological polar surface area (TPSA) is 47.6 Å². The molecule has 0 heterocycles. The largest absolute Gasteiger partial charge is 0.490 e. The van der Waals surface area contributed by atoms with Gasteiger partial charge in [-0.25, -0.2) is 0 Å². The number of ether oxygens (including phenoxy) is 2. The first-order valence-corrected chi connectivity index (χ1v) is 9.74. The van der Waals surface area contributed by atoms with Gasteiger partial charge in [-0.05, 0) is 56.5 Å². The molecule has 0 bridgehead atoms. The Bertz CT molecular complexity index is 756. The molecule has 1 unspecified atom stereocenters. The molecule has 1 aliphatic rings. The Balaban J connectivity index is 1.57. The lowest BCUT2D eigenvalue weighted by molar-refractivity contribution is -0.123. The predicted molar refractivity (Wildman–Crippen MR) is 106 cm³/mol. The molecule has 5 heteroatoms. The van der Waals surface area contributed by atoms with Gasteiger partial charge >= 0.3 is 0 Å². The summed E-state index contributed by atoms with van der Waals surface area (Å²) < 4.78 is 12.3. The molecule has 1 atom stereocenters. The highest BCUT2D eigenvalue weighted by atomic mass is 79.9. The quantitative estimate of drug-likeness (QED) is 0.689. The Kier molecular flexibility index (Phi) is 5.87. The number of hydrogen-bond acceptors (Lipinski definition) is 3. The third-order valence-corrected chi connectivity index (χ3v) is 5.45. The van der Waals surface area contributed by atoms with Crippen molar-refractivity contribution in [3.8, 4) is 11.5 Å². The van der Waals surface area contributed by atoms with E-state index in [0.717, 1.165) is 17.3 Å². The summed E-state index contributed by atoms with van der Waals surface area (Å²) in [5.74, 6) is 1.13. The van der Waals surface area contributed by atoms with Crippen LogP contribution < -0.4 is 14.8 Å². The third-order valence-electron chi connectivity index (χ3n) is 4.92. The molecule has 2 aromatic carbocycles. The first-order chi connectivity index (χ1) is 12.5. The summed E-state index contributed by atoms with van der Waals surface area (Å²) in [4.78, 5) is 12.4. The molecule has 2 aromatic rings. The average Bonchev–Trinajstić information content (AvgIpc) is 3.44. The van der Waals surface area contributed by atoms with Crippen LogP contribution in [0.15, 0.2) is 53.0 Å². The fraction of sp³-hybridized carbons (Fsp3) is 0.381. The molecule has 138 valence electrons. The second-order valence-corrected chi connectivity index (χ2v) is 7.54. The van der Waals surface area contributed by atoms with Gasteiger partial charge < -0.3 is 14.8 Å². The molecule has 1 amide bonds. The van der Waals surface area contributed by atoms with E-state index in [1.165, 1.54) is 5.56 Å². The molecule has 0 radical (unpaired) electrons. The summed E-state index contributed by atoms with van der Waals surface area (Å²) in [6, 6.07) is 15.8. The van der Waals surface area contributed by atoms with E-state index in [0.29, 0.717) is 18.1 Å². The van der Waals surface area contributed by atoms with Gasteiger partial charge in [-0.1, -0.05) is 40.2 Å². The molecule has 0 aliphatic heterocycles. The van der Waals surface area contributed by atoms with Crippen molar-refractivity contribution in [1.29, 1.82) is 0 Å². The van der Waals surface area contributed by atoms with Crippen LogP contribution in [-0.2, 0) is 10.2 Å². The van der Waals surface area contributed by atoms with Gasteiger partial charge in [0, 0.05) is 15.9 Å². The Labute approximate surface area is 163 Å². The van der Waals surface area contributed by atoms with Crippen LogP contribution in [0.2, 0.25) is 0 Å². The van der Waals surface area contributed by atoms with Gasteiger partial charge in [0.05, 0.1) is 6.61 Å². The van der Waals surface area contributed by atoms with Crippen LogP contribution in [0.4, 0.5) is 0 Å². The second kappa shape index (κ2) is 8.12. The van der Waals surface area contributed by atoms with Crippen molar-refractivity contribution in [3.63, 3.8) is 0 Å². The number of carbonyl (C=O) groups excluding carboxylic acids is 1. The molecule has 0 aromatic heterocycles. The standard InChI is InChI=1S/C21H24BrNO3/c1-3-25-18-6-4-5-7-19(18)26-14-20(24)23-15(2)21(12-13-21)16-8-10-17(22)11-9-16/h4-11,15H,3,12-14H2,1-2H3,(H,23,24). The normalized spacial score (nSPS) is 15.8. The lowest BCUT2D eigenvalue weighted by Gasteiger charge is -2.25. The molecule has 1 saturated carbocycles.